The standard InChI is InChI=1S/C12H14O3S/c1-10(12(13)14)9-15-7-8-16-11-5-3-2-4-6-11/h2-6,9H,7-8H2,1H3,(H,13,14). The maximum Gasteiger partial charge on any atom is 0.334 e. The van der Waals surface area contributed by atoms with Gasteiger partial charge >= 0.3 is 5.97 Å². The number of hydrogen-bond donors (Lipinski definition) is 1. The predicted molar refractivity (Wildman–Crippen MR) is 64.5 cm³/mol. The van der Waals surface area contributed by atoms with Crippen LogP contribution in [-0.4, -0.2) is 23.4 Å². The van der Waals surface area contributed by atoms with E-state index in [9.17, 15) is 4.79 Å². The SMILES string of the molecule is CC(=COCCSc1ccccc1)C(=O)O. The highest BCUT2D eigenvalue weighted by atomic mass is 32.2. The molecule has 0 aliphatic heterocycles. The second kappa shape index (κ2) is 6.95. The molecule has 86 valence electrons. The van der Waals surface area contributed by atoms with Crippen molar-refractivity contribution in [2.24, 2.45) is 0 Å². The van der Waals surface area contributed by atoms with Gasteiger partial charge in [0.1, 0.15) is 0 Å². The van der Waals surface area contributed by atoms with E-state index in [4.69, 9.17) is 9.84 Å². The summed E-state index contributed by atoms with van der Waals surface area (Å²) in [5, 5.41) is 8.56. The number of benzene rings is 1. The molecule has 0 aromatic heterocycles. The lowest BCUT2D eigenvalue weighted by Gasteiger charge is -2.02. The summed E-state index contributed by atoms with van der Waals surface area (Å²) in [6, 6.07) is 10.0. The van der Waals surface area contributed by atoms with Crippen LogP contribution in [0.3, 0.4) is 0 Å². The van der Waals surface area contributed by atoms with Gasteiger partial charge in [0, 0.05) is 10.6 Å². The highest BCUT2D eigenvalue weighted by Crippen LogP contribution is 2.16. The smallest absolute Gasteiger partial charge is 0.334 e. The Kier molecular flexibility index (Phi) is 5.50. The first-order valence-corrected chi connectivity index (χ1v) is 5.88. The second-order valence-electron chi connectivity index (χ2n) is 3.14. The molecule has 0 saturated carbocycles. The van der Waals surface area contributed by atoms with Crippen molar-refractivity contribution in [3.63, 3.8) is 0 Å². The van der Waals surface area contributed by atoms with Gasteiger partial charge in [-0.3, -0.25) is 0 Å². The van der Waals surface area contributed by atoms with Gasteiger partial charge in [-0.25, -0.2) is 4.79 Å². The van der Waals surface area contributed by atoms with Crippen LogP contribution in [0.2, 0.25) is 0 Å². The molecule has 1 rings (SSSR count). The third-order valence-corrected chi connectivity index (χ3v) is 2.79. The number of thioether (sulfide) groups is 1. The number of rotatable bonds is 6. The van der Waals surface area contributed by atoms with Crippen LogP contribution in [0.1, 0.15) is 6.92 Å². The van der Waals surface area contributed by atoms with E-state index >= 15 is 0 Å². The molecule has 0 amide bonds. The average molecular weight is 238 g/mol. The molecule has 0 spiro atoms. The van der Waals surface area contributed by atoms with Crippen LogP contribution in [0.15, 0.2) is 47.1 Å². The van der Waals surface area contributed by atoms with Gasteiger partial charge in [-0.15, -0.1) is 11.8 Å². The molecule has 0 saturated heterocycles. The zero-order valence-electron chi connectivity index (χ0n) is 9.05. The Bertz CT molecular complexity index is 360. The fourth-order valence-corrected chi connectivity index (χ4v) is 1.72. The van der Waals surface area contributed by atoms with Crippen molar-refractivity contribution in [3.05, 3.63) is 42.2 Å². The lowest BCUT2D eigenvalue weighted by Crippen LogP contribution is -1.98. The third-order valence-electron chi connectivity index (χ3n) is 1.81. The minimum atomic E-state index is -0.948. The van der Waals surface area contributed by atoms with Crippen LogP contribution >= 0.6 is 11.8 Å². The van der Waals surface area contributed by atoms with Crippen LogP contribution < -0.4 is 0 Å². The molecule has 0 atom stereocenters. The van der Waals surface area contributed by atoms with Crippen molar-refractivity contribution >= 4 is 17.7 Å². The van der Waals surface area contributed by atoms with Crippen LogP contribution in [0, 0.1) is 0 Å². The molecule has 3 nitrogen and oxygen atoms in total. The van der Waals surface area contributed by atoms with Crippen LogP contribution in [0.5, 0.6) is 0 Å². The summed E-state index contributed by atoms with van der Waals surface area (Å²) in [6.45, 7) is 2.01. The summed E-state index contributed by atoms with van der Waals surface area (Å²) in [4.78, 5) is 11.6. The predicted octanol–water partition coefficient (Wildman–Crippen LogP) is 2.78. The van der Waals surface area contributed by atoms with E-state index in [0.29, 0.717) is 6.61 Å². The quantitative estimate of drug-likeness (QED) is 0.358. The monoisotopic (exact) mass is 238 g/mol. The van der Waals surface area contributed by atoms with Gasteiger partial charge in [-0.05, 0) is 19.1 Å². The van der Waals surface area contributed by atoms with Gasteiger partial charge in [0.2, 0.25) is 0 Å². The maximum atomic E-state index is 10.4. The van der Waals surface area contributed by atoms with Crippen molar-refractivity contribution in [2.75, 3.05) is 12.4 Å². The van der Waals surface area contributed by atoms with E-state index in [1.165, 1.54) is 18.1 Å². The topological polar surface area (TPSA) is 46.5 Å². The van der Waals surface area contributed by atoms with E-state index in [1.54, 1.807) is 11.8 Å². The highest BCUT2D eigenvalue weighted by Gasteiger charge is 1.98. The zero-order chi connectivity index (χ0) is 11.8. The molecule has 16 heavy (non-hydrogen) atoms. The second-order valence-corrected chi connectivity index (χ2v) is 4.31. The largest absolute Gasteiger partial charge is 0.500 e. The molecular formula is C12H14O3S. The molecule has 0 aliphatic rings. The number of carboxylic acids is 1. The number of carbonyl (C=O) groups is 1. The molecule has 0 radical (unpaired) electrons. The molecule has 0 unspecified atom stereocenters. The summed E-state index contributed by atoms with van der Waals surface area (Å²) >= 11 is 1.68. The Labute approximate surface area is 99.1 Å². The van der Waals surface area contributed by atoms with Crippen molar-refractivity contribution in [2.45, 2.75) is 11.8 Å². The minimum Gasteiger partial charge on any atom is -0.500 e. The van der Waals surface area contributed by atoms with Crippen LogP contribution in [0.4, 0.5) is 0 Å². The van der Waals surface area contributed by atoms with Crippen molar-refractivity contribution < 1.29 is 14.6 Å². The molecule has 1 N–H and O–H groups in total. The van der Waals surface area contributed by atoms with Crippen molar-refractivity contribution in [1.82, 2.24) is 0 Å². The lowest BCUT2D eigenvalue weighted by molar-refractivity contribution is -0.132. The molecular weight excluding hydrogens is 224 g/mol. The summed E-state index contributed by atoms with van der Waals surface area (Å²) in [6.07, 6.45) is 1.29. The Hall–Kier alpha value is -1.42. The maximum absolute atomic E-state index is 10.4. The van der Waals surface area contributed by atoms with E-state index in [-0.39, 0.29) is 5.57 Å². The van der Waals surface area contributed by atoms with E-state index in [1.807, 2.05) is 30.3 Å². The fourth-order valence-electron chi connectivity index (χ4n) is 0.959. The summed E-state index contributed by atoms with van der Waals surface area (Å²) in [5.74, 6) is -0.149. The minimum absolute atomic E-state index is 0.213. The Morgan fingerprint density at radius 1 is 1.44 bits per heavy atom. The Balaban J connectivity index is 2.18. The number of aliphatic carboxylic acids is 1. The molecule has 1 aromatic carbocycles. The van der Waals surface area contributed by atoms with Gasteiger partial charge < -0.3 is 9.84 Å². The molecule has 4 heteroatoms. The first-order chi connectivity index (χ1) is 7.70. The fraction of sp³-hybridized carbons (Fsp3) is 0.250. The van der Waals surface area contributed by atoms with Crippen molar-refractivity contribution in [1.29, 1.82) is 0 Å². The van der Waals surface area contributed by atoms with Crippen LogP contribution in [-0.2, 0) is 9.53 Å². The van der Waals surface area contributed by atoms with Gasteiger partial charge in [0.25, 0.3) is 0 Å². The Morgan fingerprint density at radius 2 is 2.12 bits per heavy atom. The van der Waals surface area contributed by atoms with Gasteiger partial charge in [-0.1, -0.05) is 18.2 Å². The summed E-state index contributed by atoms with van der Waals surface area (Å²) in [7, 11) is 0. The van der Waals surface area contributed by atoms with Crippen molar-refractivity contribution in [3.8, 4) is 0 Å². The number of ether oxygens (including phenoxy) is 1. The summed E-state index contributed by atoms with van der Waals surface area (Å²) in [5.41, 5.74) is 0.213. The van der Waals surface area contributed by atoms with E-state index in [2.05, 4.69) is 0 Å². The number of hydrogen-bond acceptors (Lipinski definition) is 3. The van der Waals surface area contributed by atoms with E-state index in [0.717, 1.165) is 5.75 Å². The number of carboxylic acid groups (broad SMARTS) is 1. The van der Waals surface area contributed by atoms with Crippen LogP contribution in [0.25, 0.3) is 0 Å². The highest BCUT2D eigenvalue weighted by molar-refractivity contribution is 7.99. The zero-order valence-corrected chi connectivity index (χ0v) is 9.87. The van der Waals surface area contributed by atoms with Gasteiger partial charge in [-0.2, -0.15) is 0 Å². The Morgan fingerprint density at radius 3 is 2.75 bits per heavy atom. The van der Waals surface area contributed by atoms with E-state index < -0.39 is 5.97 Å². The normalized spacial score (nSPS) is 11.2. The van der Waals surface area contributed by atoms with Gasteiger partial charge in [0.05, 0.1) is 18.4 Å². The average Bonchev–Trinajstić information content (AvgIpc) is 2.29. The molecule has 1 aromatic rings. The first kappa shape index (κ1) is 12.6. The van der Waals surface area contributed by atoms with Gasteiger partial charge in [0.15, 0.2) is 0 Å². The molecule has 0 heterocycles. The third kappa shape index (κ3) is 4.89. The molecule has 0 bridgehead atoms. The first-order valence-electron chi connectivity index (χ1n) is 4.89. The lowest BCUT2D eigenvalue weighted by atomic mass is 10.3. The molecule has 0 fully saturated rings. The molecule has 0 aliphatic carbocycles. The summed E-state index contributed by atoms with van der Waals surface area (Å²) < 4.78 is 5.11.